The van der Waals surface area contributed by atoms with E-state index in [0.29, 0.717) is 18.5 Å². The molecule has 0 aliphatic carbocycles. The Morgan fingerprint density at radius 3 is 2.48 bits per heavy atom. The molecule has 0 saturated carbocycles. The van der Waals surface area contributed by atoms with Crippen molar-refractivity contribution in [2.45, 2.75) is 18.2 Å². The topological polar surface area (TPSA) is 76.3 Å². The van der Waals surface area contributed by atoms with Crippen molar-refractivity contribution in [1.82, 2.24) is 9.29 Å². The van der Waals surface area contributed by atoms with Crippen LogP contribution in [-0.2, 0) is 16.4 Å². The summed E-state index contributed by atoms with van der Waals surface area (Å²) < 4.78 is 28.0. The minimum absolute atomic E-state index is 0. The zero-order valence-electron chi connectivity index (χ0n) is 15.2. The van der Waals surface area contributed by atoms with Gasteiger partial charge in [0.1, 0.15) is 4.90 Å². The van der Waals surface area contributed by atoms with Gasteiger partial charge in [-0.05, 0) is 36.6 Å². The minimum Gasteiger partial charge on any atom is -0.329 e. The zero-order chi connectivity index (χ0) is 18.6. The van der Waals surface area contributed by atoms with E-state index in [-0.39, 0.29) is 30.4 Å². The molecule has 144 valence electrons. The molecule has 0 aliphatic rings. The molecule has 0 fully saturated rings. The normalized spacial score (nSPS) is 11.5. The van der Waals surface area contributed by atoms with Gasteiger partial charge in [-0.25, -0.2) is 8.42 Å². The molecule has 0 amide bonds. The largest absolute Gasteiger partial charge is 0.329 e. The van der Waals surface area contributed by atoms with Gasteiger partial charge in [-0.3, -0.25) is 4.98 Å². The molecule has 2 aromatic carbocycles. The number of hydrogen-bond acceptors (Lipinski definition) is 4. The molecule has 7 heteroatoms. The zero-order valence-corrected chi connectivity index (χ0v) is 16.8. The Balaban J connectivity index is 0.00000261. The highest BCUT2D eigenvalue weighted by Crippen LogP contribution is 2.25. The highest BCUT2D eigenvalue weighted by atomic mass is 35.5. The Kier molecular flexibility index (Phi) is 7.33. The van der Waals surface area contributed by atoms with Gasteiger partial charge in [0, 0.05) is 31.2 Å². The first-order valence-electron chi connectivity index (χ1n) is 8.62. The molecule has 2 N–H and O–H groups in total. The highest BCUT2D eigenvalue weighted by molar-refractivity contribution is 7.89. The van der Waals surface area contributed by atoms with E-state index >= 15 is 0 Å². The van der Waals surface area contributed by atoms with Crippen LogP contribution in [0.25, 0.3) is 10.9 Å². The second-order valence-corrected chi connectivity index (χ2v) is 8.18. The molecule has 0 radical (unpaired) electrons. The number of nitrogens with two attached hydrogens (primary N) is 1. The molecule has 0 atom stereocenters. The van der Waals surface area contributed by atoms with Crippen LogP contribution in [0.15, 0.2) is 65.7 Å². The van der Waals surface area contributed by atoms with Gasteiger partial charge in [-0.2, -0.15) is 4.31 Å². The van der Waals surface area contributed by atoms with E-state index in [1.807, 2.05) is 49.4 Å². The van der Waals surface area contributed by atoms with Crippen molar-refractivity contribution in [2.24, 2.45) is 5.73 Å². The summed E-state index contributed by atoms with van der Waals surface area (Å²) >= 11 is 0. The molecule has 0 aliphatic heterocycles. The third-order valence-electron chi connectivity index (χ3n) is 4.30. The molecule has 27 heavy (non-hydrogen) atoms. The standard InChI is InChI=1S/C20H23N3O2S.ClH/c1-16-14-18-8-5-9-19(20(18)22-15-16)26(24,25)23(13-11-21)12-10-17-6-3-2-4-7-17;/h2-9,14-15H,10-13,21H2,1H3;1H. The van der Waals surface area contributed by atoms with Crippen molar-refractivity contribution in [1.29, 1.82) is 0 Å². The molecule has 3 aromatic rings. The van der Waals surface area contributed by atoms with Crippen LogP contribution in [0.3, 0.4) is 0 Å². The average molecular weight is 406 g/mol. The lowest BCUT2D eigenvalue weighted by Crippen LogP contribution is -2.37. The molecule has 5 nitrogen and oxygen atoms in total. The summed E-state index contributed by atoms with van der Waals surface area (Å²) in [5.74, 6) is 0. The summed E-state index contributed by atoms with van der Waals surface area (Å²) in [6.45, 7) is 2.86. The van der Waals surface area contributed by atoms with Crippen molar-refractivity contribution in [3.63, 3.8) is 0 Å². The fourth-order valence-corrected chi connectivity index (χ4v) is 4.61. The lowest BCUT2D eigenvalue weighted by Gasteiger charge is -2.22. The van der Waals surface area contributed by atoms with Gasteiger partial charge >= 0.3 is 0 Å². The molecule has 0 bridgehead atoms. The second-order valence-electron chi connectivity index (χ2n) is 6.27. The first-order valence-corrected chi connectivity index (χ1v) is 10.1. The SMILES string of the molecule is Cc1cnc2c(S(=O)(=O)N(CCN)CCc3ccccc3)cccc2c1.Cl. The maximum Gasteiger partial charge on any atom is 0.245 e. The Morgan fingerprint density at radius 1 is 1.04 bits per heavy atom. The molecule has 0 unspecified atom stereocenters. The molecule has 1 heterocycles. The number of benzene rings is 2. The first kappa shape index (κ1) is 21.3. The number of halogens is 1. The van der Waals surface area contributed by atoms with Crippen LogP contribution in [0.5, 0.6) is 0 Å². The third-order valence-corrected chi connectivity index (χ3v) is 6.23. The number of aryl methyl sites for hydroxylation is 1. The second kappa shape index (κ2) is 9.28. The van der Waals surface area contributed by atoms with Gasteiger partial charge in [-0.15, -0.1) is 12.4 Å². The summed E-state index contributed by atoms with van der Waals surface area (Å²) in [6, 6.07) is 17.0. The molecule has 1 aromatic heterocycles. The van der Waals surface area contributed by atoms with E-state index < -0.39 is 10.0 Å². The van der Waals surface area contributed by atoms with Crippen molar-refractivity contribution in [3.8, 4) is 0 Å². The Labute approximate surface area is 166 Å². The minimum atomic E-state index is -3.68. The van der Waals surface area contributed by atoms with E-state index in [1.165, 1.54) is 4.31 Å². The van der Waals surface area contributed by atoms with Crippen LogP contribution < -0.4 is 5.73 Å². The van der Waals surface area contributed by atoms with E-state index in [0.717, 1.165) is 16.5 Å². The monoisotopic (exact) mass is 405 g/mol. The number of para-hydroxylation sites is 1. The van der Waals surface area contributed by atoms with Crippen molar-refractivity contribution >= 4 is 33.3 Å². The number of pyridine rings is 1. The van der Waals surface area contributed by atoms with E-state index in [1.54, 1.807) is 18.3 Å². The number of rotatable bonds is 7. The van der Waals surface area contributed by atoms with Crippen LogP contribution in [0.1, 0.15) is 11.1 Å². The van der Waals surface area contributed by atoms with Crippen molar-refractivity contribution in [2.75, 3.05) is 19.6 Å². The highest BCUT2D eigenvalue weighted by Gasteiger charge is 2.26. The van der Waals surface area contributed by atoms with Gasteiger partial charge in [0.2, 0.25) is 10.0 Å². The Hall–Kier alpha value is -1.99. The van der Waals surface area contributed by atoms with Crippen LogP contribution in [0.4, 0.5) is 0 Å². The Morgan fingerprint density at radius 2 is 1.78 bits per heavy atom. The van der Waals surface area contributed by atoms with E-state index in [2.05, 4.69) is 4.98 Å². The number of aromatic nitrogens is 1. The summed E-state index contributed by atoms with van der Waals surface area (Å²) in [6.07, 6.45) is 2.33. The third kappa shape index (κ3) is 4.84. The van der Waals surface area contributed by atoms with Gasteiger partial charge in [-0.1, -0.05) is 42.5 Å². The van der Waals surface area contributed by atoms with Crippen LogP contribution in [0.2, 0.25) is 0 Å². The van der Waals surface area contributed by atoms with E-state index in [4.69, 9.17) is 5.73 Å². The number of sulfonamides is 1. The van der Waals surface area contributed by atoms with Gasteiger partial charge in [0.05, 0.1) is 5.52 Å². The molecular weight excluding hydrogens is 382 g/mol. The van der Waals surface area contributed by atoms with Crippen LogP contribution in [0, 0.1) is 6.92 Å². The van der Waals surface area contributed by atoms with Crippen LogP contribution >= 0.6 is 12.4 Å². The summed E-state index contributed by atoms with van der Waals surface area (Å²) in [5.41, 5.74) is 8.27. The number of fused-ring (bicyclic) bond motifs is 1. The maximum atomic E-state index is 13.3. The fraction of sp³-hybridized carbons (Fsp3) is 0.250. The summed E-state index contributed by atoms with van der Waals surface area (Å²) in [5, 5.41) is 0.821. The maximum absolute atomic E-state index is 13.3. The van der Waals surface area contributed by atoms with Crippen molar-refractivity contribution in [3.05, 3.63) is 71.9 Å². The average Bonchev–Trinajstić information content (AvgIpc) is 2.65. The lowest BCUT2D eigenvalue weighted by atomic mass is 10.1. The smallest absolute Gasteiger partial charge is 0.245 e. The fourth-order valence-electron chi connectivity index (χ4n) is 2.98. The lowest BCUT2D eigenvalue weighted by molar-refractivity contribution is 0.422. The molecular formula is C20H24ClN3O2S. The predicted octanol–water partition coefficient (Wildman–Crippen LogP) is 3.16. The number of nitrogens with zero attached hydrogens (tertiary/aromatic N) is 2. The molecule has 0 spiro atoms. The van der Waals surface area contributed by atoms with Gasteiger partial charge in [0.15, 0.2) is 0 Å². The summed E-state index contributed by atoms with van der Waals surface area (Å²) in [7, 11) is -3.68. The van der Waals surface area contributed by atoms with Gasteiger partial charge in [0.25, 0.3) is 0 Å². The predicted molar refractivity (Wildman–Crippen MR) is 112 cm³/mol. The van der Waals surface area contributed by atoms with Crippen LogP contribution in [-0.4, -0.2) is 37.3 Å². The van der Waals surface area contributed by atoms with Gasteiger partial charge < -0.3 is 5.73 Å². The van der Waals surface area contributed by atoms with E-state index in [9.17, 15) is 8.42 Å². The quantitative estimate of drug-likeness (QED) is 0.655. The molecule has 0 saturated heterocycles. The summed E-state index contributed by atoms with van der Waals surface area (Å²) in [4.78, 5) is 4.60. The van der Waals surface area contributed by atoms with Crippen molar-refractivity contribution < 1.29 is 8.42 Å². The number of hydrogen-bond donors (Lipinski definition) is 1. The first-order chi connectivity index (χ1) is 12.5. The molecule has 3 rings (SSSR count). The Bertz CT molecular complexity index is 995.